The second kappa shape index (κ2) is 8.00. The van der Waals surface area contributed by atoms with Crippen LogP contribution in [-0.2, 0) is 14.3 Å². The molecular weight excluding hydrogens is 308 g/mol. The lowest BCUT2D eigenvalue weighted by molar-refractivity contribution is -0.148. The summed E-state index contributed by atoms with van der Waals surface area (Å²) in [7, 11) is 2.82. The summed E-state index contributed by atoms with van der Waals surface area (Å²) in [6, 6.07) is 4.92. The standard InChI is InChI=1S/C15H21ClN2O4/c1-5-15(2,14(20)22-4)17-9-13(19)18-11-8-10(16)6-7-12(11)21-3/h6-8,17H,5,9H2,1-4H3,(H,18,19). The highest BCUT2D eigenvalue weighted by molar-refractivity contribution is 6.31. The summed E-state index contributed by atoms with van der Waals surface area (Å²) in [6.07, 6.45) is 0.493. The predicted octanol–water partition coefficient (Wildman–Crippen LogP) is 2.22. The van der Waals surface area contributed by atoms with Gasteiger partial charge < -0.3 is 14.8 Å². The van der Waals surface area contributed by atoms with Crippen molar-refractivity contribution in [3.63, 3.8) is 0 Å². The van der Waals surface area contributed by atoms with Crippen LogP contribution >= 0.6 is 11.6 Å². The van der Waals surface area contributed by atoms with Crippen molar-refractivity contribution < 1.29 is 19.1 Å². The topological polar surface area (TPSA) is 76.7 Å². The van der Waals surface area contributed by atoms with Gasteiger partial charge >= 0.3 is 5.97 Å². The molecular formula is C15H21ClN2O4. The van der Waals surface area contributed by atoms with Gasteiger partial charge in [0.05, 0.1) is 26.5 Å². The van der Waals surface area contributed by atoms with Crippen LogP contribution < -0.4 is 15.4 Å². The van der Waals surface area contributed by atoms with Crippen LogP contribution in [0.5, 0.6) is 5.75 Å². The molecule has 1 unspecified atom stereocenters. The maximum absolute atomic E-state index is 12.0. The van der Waals surface area contributed by atoms with E-state index in [4.69, 9.17) is 21.1 Å². The molecule has 0 heterocycles. The zero-order valence-corrected chi connectivity index (χ0v) is 13.9. The zero-order chi connectivity index (χ0) is 16.8. The number of benzene rings is 1. The van der Waals surface area contributed by atoms with Gasteiger partial charge in [0.15, 0.2) is 0 Å². The summed E-state index contributed by atoms with van der Waals surface area (Å²) in [4.78, 5) is 23.8. The number of rotatable bonds is 7. The van der Waals surface area contributed by atoms with E-state index in [-0.39, 0.29) is 12.5 Å². The largest absolute Gasteiger partial charge is 0.495 e. The molecule has 6 nitrogen and oxygen atoms in total. The fourth-order valence-electron chi connectivity index (χ4n) is 1.81. The first-order chi connectivity index (χ1) is 10.4. The number of esters is 1. The van der Waals surface area contributed by atoms with Gasteiger partial charge in [-0.25, -0.2) is 0 Å². The van der Waals surface area contributed by atoms with Crippen LogP contribution in [0.2, 0.25) is 5.02 Å². The van der Waals surface area contributed by atoms with Crippen LogP contribution in [0.4, 0.5) is 5.69 Å². The first kappa shape index (κ1) is 18.3. The molecule has 1 atom stereocenters. The van der Waals surface area contributed by atoms with Crippen molar-refractivity contribution >= 4 is 29.2 Å². The monoisotopic (exact) mass is 328 g/mol. The van der Waals surface area contributed by atoms with E-state index < -0.39 is 11.5 Å². The maximum atomic E-state index is 12.0. The number of carbonyl (C=O) groups is 2. The van der Waals surface area contributed by atoms with E-state index in [1.165, 1.54) is 14.2 Å². The van der Waals surface area contributed by atoms with Crippen LogP contribution in [0, 0.1) is 0 Å². The van der Waals surface area contributed by atoms with E-state index in [0.29, 0.717) is 22.9 Å². The lowest BCUT2D eigenvalue weighted by Crippen LogP contribution is -2.52. The Balaban J connectivity index is 2.71. The molecule has 22 heavy (non-hydrogen) atoms. The van der Waals surface area contributed by atoms with Gasteiger partial charge in [-0.2, -0.15) is 0 Å². The number of carbonyl (C=O) groups excluding carboxylic acids is 2. The number of methoxy groups -OCH3 is 2. The van der Waals surface area contributed by atoms with Gasteiger partial charge in [0.25, 0.3) is 0 Å². The van der Waals surface area contributed by atoms with Crippen molar-refractivity contribution in [2.45, 2.75) is 25.8 Å². The van der Waals surface area contributed by atoms with E-state index in [9.17, 15) is 9.59 Å². The Morgan fingerprint density at radius 3 is 2.55 bits per heavy atom. The highest BCUT2D eigenvalue weighted by Gasteiger charge is 2.32. The highest BCUT2D eigenvalue weighted by atomic mass is 35.5. The summed E-state index contributed by atoms with van der Waals surface area (Å²) < 4.78 is 9.89. The fourth-order valence-corrected chi connectivity index (χ4v) is 1.99. The Bertz CT molecular complexity index is 550. The van der Waals surface area contributed by atoms with Crippen LogP contribution in [0.25, 0.3) is 0 Å². The van der Waals surface area contributed by atoms with Crippen molar-refractivity contribution in [2.24, 2.45) is 0 Å². The van der Waals surface area contributed by atoms with Crippen molar-refractivity contribution in [1.82, 2.24) is 5.32 Å². The van der Waals surface area contributed by atoms with E-state index in [0.717, 1.165) is 0 Å². The lowest BCUT2D eigenvalue weighted by atomic mass is 9.99. The number of halogens is 1. The predicted molar refractivity (Wildman–Crippen MR) is 85.3 cm³/mol. The summed E-state index contributed by atoms with van der Waals surface area (Å²) >= 11 is 5.91. The van der Waals surface area contributed by atoms with Crippen LogP contribution in [-0.4, -0.2) is 38.2 Å². The summed E-state index contributed by atoms with van der Waals surface area (Å²) in [5.74, 6) is -0.226. The van der Waals surface area contributed by atoms with Gasteiger partial charge in [-0.3, -0.25) is 14.9 Å². The van der Waals surface area contributed by atoms with E-state index in [2.05, 4.69) is 10.6 Å². The average Bonchev–Trinajstić information content (AvgIpc) is 2.52. The third-order valence-electron chi connectivity index (χ3n) is 3.42. The van der Waals surface area contributed by atoms with Crippen molar-refractivity contribution in [3.05, 3.63) is 23.2 Å². The quantitative estimate of drug-likeness (QED) is 0.750. The third-order valence-corrected chi connectivity index (χ3v) is 3.65. The molecule has 1 rings (SSSR count). The number of anilines is 1. The van der Waals surface area contributed by atoms with Gasteiger partial charge in [0.1, 0.15) is 11.3 Å². The molecule has 0 aromatic heterocycles. The number of nitrogens with one attached hydrogen (secondary N) is 2. The second-order valence-corrected chi connectivity index (χ2v) is 5.36. The molecule has 0 aliphatic carbocycles. The van der Waals surface area contributed by atoms with Crippen LogP contribution in [0.3, 0.4) is 0 Å². The minimum Gasteiger partial charge on any atom is -0.495 e. The SMILES string of the molecule is CCC(C)(NCC(=O)Nc1cc(Cl)ccc1OC)C(=O)OC. The minimum atomic E-state index is -0.912. The van der Waals surface area contributed by atoms with E-state index in [1.807, 2.05) is 6.92 Å². The molecule has 0 saturated carbocycles. The maximum Gasteiger partial charge on any atom is 0.325 e. The summed E-state index contributed by atoms with van der Waals surface area (Å²) in [5.41, 5.74) is -0.442. The minimum absolute atomic E-state index is 0.0465. The molecule has 122 valence electrons. The molecule has 0 radical (unpaired) electrons. The lowest BCUT2D eigenvalue weighted by Gasteiger charge is -2.26. The number of ether oxygens (including phenoxy) is 2. The zero-order valence-electron chi connectivity index (χ0n) is 13.2. The molecule has 0 aliphatic rings. The Kier molecular flexibility index (Phi) is 6.64. The highest BCUT2D eigenvalue weighted by Crippen LogP contribution is 2.27. The summed E-state index contributed by atoms with van der Waals surface area (Å²) in [6.45, 7) is 3.48. The molecule has 0 fully saturated rings. The fraction of sp³-hybridized carbons (Fsp3) is 0.467. The molecule has 1 aromatic rings. The molecule has 1 amide bonds. The van der Waals surface area contributed by atoms with Crippen LogP contribution in [0.15, 0.2) is 18.2 Å². The van der Waals surface area contributed by atoms with Gasteiger partial charge in [0, 0.05) is 5.02 Å². The van der Waals surface area contributed by atoms with E-state index in [1.54, 1.807) is 25.1 Å². The van der Waals surface area contributed by atoms with Crippen molar-refractivity contribution in [2.75, 3.05) is 26.1 Å². The Hall–Kier alpha value is -1.79. The Labute approximate surface area is 135 Å². The third kappa shape index (κ3) is 4.61. The van der Waals surface area contributed by atoms with Gasteiger partial charge in [-0.05, 0) is 31.5 Å². The first-order valence-electron chi connectivity index (χ1n) is 6.83. The van der Waals surface area contributed by atoms with Gasteiger partial charge in [-0.15, -0.1) is 0 Å². The molecule has 0 saturated heterocycles. The normalized spacial score (nSPS) is 13.1. The molecule has 0 spiro atoms. The number of hydrogen-bond donors (Lipinski definition) is 2. The number of amides is 1. The van der Waals surface area contributed by atoms with E-state index >= 15 is 0 Å². The molecule has 2 N–H and O–H groups in total. The Morgan fingerprint density at radius 1 is 1.32 bits per heavy atom. The van der Waals surface area contributed by atoms with Crippen LogP contribution in [0.1, 0.15) is 20.3 Å². The first-order valence-corrected chi connectivity index (χ1v) is 7.21. The number of hydrogen-bond acceptors (Lipinski definition) is 5. The van der Waals surface area contributed by atoms with Gasteiger partial charge in [0.2, 0.25) is 5.91 Å². The molecule has 0 aliphatic heterocycles. The molecule has 0 bridgehead atoms. The van der Waals surface area contributed by atoms with Crippen molar-refractivity contribution in [3.8, 4) is 5.75 Å². The van der Waals surface area contributed by atoms with Gasteiger partial charge in [-0.1, -0.05) is 18.5 Å². The molecule has 7 heteroatoms. The smallest absolute Gasteiger partial charge is 0.325 e. The molecule has 1 aromatic carbocycles. The summed E-state index contributed by atoms with van der Waals surface area (Å²) in [5, 5.41) is 6.08. The second-order valence-electron chi connectivity index (χ2n) is 4.92. The Morgan fingerprint density at radius 2 is 2.00 bits per heavy atom. The average molecular weight is 329 g/mol. The van der Waals surface area contributed by atoms with Crippen molar-refractivity contribution in [1.29, 1.82) is 0 Å².